The van der Waals surface area contributed by atoms with Crippen LogP contribution in [0.1, 0.15) is 46.1 Å². The summed E-state index contributed by atoms with van der Waals surface area (Å²) < 4.78 is 6.58. The van der Waals surface area contributed by atoms with Crippen molar-refractivity contribution in [3.8, 4) is 5.75 Å². The summed E-state index contributed by atoms with van der Waals surface area (Å²) in [7, 11) is 1.73. The molecule has 114 valence electrons. The Labute approximate surface area is 132 Å². The molecule has 0 radical (unpaired) electrons. The Morgan fingerprint density at radius 1 is 1.10 bits per heavy atom. The Hall–Kier alpha value is -0.700. The lowest BCUT2D eigenvalue weighted by Crippen LogP contribution is -2.24. The molecule has 0 unspecified atom stereocenters. The molecular weight excluding hydrogens is 314 g/mol. The van der Waals surface area contributed by atoms with E-state index in [0.29, 0.717) is 17.9 Å². The first-order valence-electron chi connectivity index (χ1n) is 7.44. The van der Waals surface area contributed by atoms with Crippen LogP contribution in [0.15, 0.2) is 16.6 Å². The van der Waals surface area contributed by atoms with E-state index in [-0.39, 0.29) is 0 Å². The minimum atomic E-state index is 0.490. The van der Waals surface area contributed by atoms with Crippen LogP contribution in [0.2, 0.25) is 0 Å². The molecule has 3 heteroatoms. The Morgan fingerprint density at radius 3 is 2.10 bits per heavy atom. The SMILES string of the molecule is COc1cc(Br)cc(C)c1NC(CC(C)C)CC(C)C. The lowest BCUT2D eigenvalue weighted by molar-refractivity contribution is 0.410. The van der Waals surface area contributed by atoms with Crippen molar-refractivity contribution in [1.29, 1.82) is 0 Å². The van der Waals surface area contributed by atoms with Gasteiger partial charge in [-0.05, 0) is 49.3 Å². The van der Waals surface area contributed by atoms with Crippen LogP contribution >= 0.6 is 15.9 Å². The maximum atomic E-state index is 5.53. The fourth-order valence-corrected chi connectivity index (χ4v) is 3.17. The van der Waals surface area contributed by atoms with Crippen molar-refractivity contribution >= 4 is 21.6 Å². The van der Waals surface area contributed by atoms with Crippen LogP contribution in [0.5, 0.6) is 5.75 Å². The van der Waals surface area contributed by atoms with Gasteiger partial charge in [0.1, 0.15) is 5.75 Å². The van der Waals surface area contributed by atoms with Gasteiger partial charge >= 0.3 is 0 Å². The average Bonchev–Trinajstić information content (AvgIpc) is 2.30. The zero-order valence-electron chi connectivity index (χ0n) is 13.6. The van der Waals surface area contributed by atoms with E-state index < -0.39 is 0 Å². The molecule has 0 aliphatic heterocycles. The van der Waals surface area contributed by atoms with E-state index in [2.05, 4.69) is 61.9 Å². The highest BCUT2D eigenvalue weighted by atomic mass is 79.9. The number of benzene rings is 1. The highest BCUT2D eigenvalue weighted by Gasteiger charge is 2.16. The van der Waals surface area contributed by atoms with Gasteiger partial charge in [0.15, 0.2) is 0 Å². The predicted octanol–water partition coefficient (Wildman–Crippen LogP) is 5.64. The van der Waals surface area contributed by atoms with E-state index in [1.807, 2.05) is 6.07 Å². The molecular formula is C17H28BrNO. The third kappa shape index (κ3) is 5.35. The monoisotopic (exact) mass is 341 g/mol. The van der Waals surface area contributed by atoms with Crippen molar-refractivity contribution in [2.45, 2.75) is 53.5 Å². The molecule has 1 rings (SSSR count). The first kappa shape index (κ1) is 17.4. The first-order valence-corrected chi connectivity index (χ1v) is 8.23. The van der Waals surface area contributed by atoms with Gasteiger partial charge in [-0.2, -0.15) is 0 Å². The second-order valence-corrected chi connectivity index (χ2v) is 7.32. The molecule has 0 amide bonds. The van der Waals surface area contributed by atoms with Crippen LogP contribution < -0.4 is 10.1 Å². The van der Waals surface area contributed by atoms with Gasteiger partial charge in [0.2, 0.25) is 0 Å². The van der Waals surface area contributed by atoms with Crippen molar-refractivity contribution in [3.05, 3.63) is 22.2 Å². The number of methoxy groups -OCH3 is 1. The topological polar surface area (TPSA) is 21.3 Å². The summed E-state index contributed by atoms with van der Waals surface area (Å²) in [5.74, 6) is 2.29. The summed E-state index contributed by atoms with van der Waals surface area (Å²) in [6.45, 7) is 11.2. The number of rotatable bonds is 7. The Bertz CT molecular complexity index is 419. The van der Waals surface area contributed by atoms with E-state index in [1.54, 1.807) is 7.11 Å². The predicted molar refractivity (Wildman–Crippen MR) is 91.8 cm³/mol. The summed E-state index contributed by atoms with van der Waals surface area (Å²) in [5.41, 5.74) is 2.34. The van der Waals surface area contributed by atoms with Crippen LogP contribution in [0.3, 0.4) is 0 Å². The number of hydrogen-bond donors (Lipinski definition) is 1. The second-order valence-electron chi connectivity index (χ2n) is 6.40. The van der Waals surface area contributed by atoms with E-state index in [9.17, 15) is 0 Å². The normalized spacial score (nSPS) is 11.5. The molecule has 1 aromatic rings. The fraction of sp³-hybridized carbons (Fsp3) is 0.647. The number of nitrogens with one attached hydrogen (secondary N) is 1. The molecule has 0 aliphatic rings. The molecule has 0 atom stereocenters. The largest absolute Gasteiger partial charge is 0.495 e. The van der Waals surface area contributed by atoms with Crippen molar-refractivity contribution in [2.24, 2.45) is 11.8 Å². The van der Waals surface area contributed by atoms with Gasteiger partial charge in [-0.15, -0.1) is 0 Å². The fourth-order valence-electron chi connectivity index (χ4n) is 2.61. The molecule has 0 aromatic heterocycles. The van der Waals surface area contributed by atoms with Crippen molar-refractivity contribution in [1.82, 2.24) is 0 Å². The quantitative estimate of drug-likeness (QED) is 0.692. The lowest BCUT2D eigenvalue weighted by Gasteiger charge is -2.25. The molecule has 1 N–H and O–H groups in total. The third-order valence-corrected chi connectivity index (χ3v) is 3.80. The minimum absolute atomic E-state index is 0.490. The number of hydrogen-bond acceptors (Lipinski definition) is 2. The lowest BCUT2D eigenvalue weighted by atomic mass is 9.95. The zero-order chi connectivity index (χ0) is 15.3. The Balaban J connectivity index is 2.97. The summed E-state index contributed by atoms with van der Waals surface area (Å²) in [6, 6.07) is 4.65. The van der Waals surface area contributed by atoms with Crippen molar-refractivity contribution in [3.63, 3.8) is 0 Å². The van der Waals surface area contributed by atoms with Crippen LogP contribution in [0, 0.1) is 18.8 Å². The smallest absolute Gasteiger partial charge is 0.143 e. The van der Waals surface area contributed by atoms with E-state index >= 15 is 0 Å². The minimum Gasteiger partial charge on any atom is -0.495 e. The van der Waals surface area contributed by atoms with Crippen LogP contribution in [0.4, 0.5) is 5.69 Å². The van der Waals surface area contributed by atoms with E-state index in [1.165, 1.54) is 18.4 Å². The van der Waals surface area contributed by atoms with Gasteiger partial charge in [0.05, 0.1) is 12.8 Å². The van der Waals surface area contributed by atoms with Crippen LogP contribution in [-0.2, 0) is 0 Å². The molecule has 0 fully saturated rings. The van der Waals surface area contributed by atoms with Crippen LogP contribution in [-0.4, -0.2) is 13.2 Å². The van der Waals surface area contributed by atoms with Gasteiger partial charge in [0, 0.05) is 10.5 Å². The second kappa shape index (κ2) is 7.92. The molecule has 0 bridgehead atoms. The molecule has 0 saturated carbocycles. The molecule has 1 aromatic carbocycles. The molecule has 0 saturated heterocycles. The molecule has 0 aliphatic carbocycles. The maximum absolute atomic E-state index is 5.53. The molecule has 0 heterocycles. The highest BCUT2D eigenvalue weighted by molar-refractivity contribution is 9.10. The highest BCUT2D eigenvalue weighted by Crippen LogP contribution is 2.33. The number of ether oxygens (including phenoxy) is 1. The van der Waals surface area contributed by atoms with Gasteiger partial charge in [-0.3, -0.25) is 0 Å². The summed E-state index contributed by atoms with van der Waals surface area (Å²) in [4.78, 5) is 0. The summed E-state index contributed by atoms with van der Waals surface area (Å²) >= 11 is 3.53. The third-order valence-electron chi connectivity index (χ3n) is 3.34. The average molecular weight is 342 g/mol. The summed E-state index contributed by atoms with van der Waals surface area (Å²) in [6.07, 6.45) is 2.35. The maximum Gasteiger partial charge on any atom is 0.143 e. The van der Waals surface area contributed by atoms with E-state index in [0.717, 1.165) is 15.9 Å². The van der Waals surface area contributed by atoms with Crippen molar-refractivity contribution in [2.75, 3.05) is 12.4 Å². The summed E-state index contributed by atoms with van der Waals surface area (Å²) in [5, 5.41) is 3.71. The first-order chi connectivity index (χ1) is 9.33. The molecule has 20 heavy (non-hydrogen) atoms. The van der Waals surface area contributed by atoms with E-state index in [4.69, 9.17) is 4.74 Å². The van der Waals surface area contributed by atoms with Crippen LogP contribution in [0.25, 0.3) is 0 Å². The number of aryl methyl sites for hydroxylation is 1. The van der Waals surface area contributed by atoms with Gasteiger partial charge in [-0.25, -0.2) is 0 Å². The van der Waals surface area contributed by atoms with Gasteiger partial charge in [0.25, 0.3) is 0 Å². The van der Waals surface area contributed by atoms with Crippen molar-refractivity contribution < 1.29 is 4.74 Å². The number of anilines is 1. The van der Waals surface area contributed by atoms with Gasteiger partial charge < -0.3 is 10.1 Å². The Kier molecular flexibility index (Phi) is 6.87. The van der Waals surface area contributed by atoms with Gasteiger partial charge in [-0.1, -0.05) is 43.6 Å². The zero-order valence-corrected chi connectivity index (χ0v) is 15.2. The number of halogens is 1. The molecule has 2 nitrogen and oxygen atoms in total. The molecule has 0 spiro atoms. The Morgan fingerprint density at radius 2 is 1.65 bits per heavy atom. The standard InChI is InChI=1S/C17H28BrNO/c1-11(2)7-15(8-12(3)4)19-17-13(5)9-14(18)10-16(17)20-6/h9-12,15,19H,7-8H2,1-6H3.